The molecule has 1 unspecified atom stereocenters. The molecule has 0 aliphatic heterocycles. The summed E-state index contributed by atoms with van der Waals surface area (Å²) in [4.78, 5) is 21.0. The van der Waals surface area contributed by atoms with Crippen LogP contribution in [0.1, 0.15) is 12.0 Å². The molecule has 0 bridgehead atoms. The molecule has 0 spiro atoms. The van der Waals surface area contributed by atoms with E-state index in [0.29, 0.717) is 29.2 Å². The number of nitrogens with one attached hydrogen (secondary N) is 1. The van der Waals surface area contributed by atoms with E-state index in [1.54, 1.807) is 12.1 Å². The number of carbonyl (C=O) groups excluding carboxylic acids is 1. The zero-order chi connectivity index (χ0) is 15.0. The Bertz CT molecular complexity index is 470. The van der Waals surface area contributed by atoms with E-state index in [-0.39, 0.29) is 12.2 Å². The van der Waals surface area contributed by atoms with Crippen molar-refractivity contribution in [2.24, 2.45) is 0 Å². The van der Waals surface area contributed by atoms with Crippen molar-refractivity contribution in [1.29, 1.82) is 0 Å². The number of rotatable bonds is 9. The minimum Gasteiger partial charge on any atom is -0.497 e. The summed E-state index contributed by atoms with van der Waals surface area (Å²) >= 11 is 1.41. The van der Waals surface area contributed by atoms with Gasteiger partial charge in [-0.25, -0.2) is 9.18 Å². The van der Waals surface area contributed by atoms with Crippen LogP contribution in [-0.2, 0) is 15.3 Å². The summed E-state index contributed by atoms with van der Waals surface area (Å²) in [5.74, 6) is -0.0321. The standard InChI is InChI=1S/C13H16FNO4S/c1-19-10-3-2-9(11(14)6-10)7-20-5-4-12(13(17)18)15-8-16/h2-3,6,8,12H,4-5,7H2,1H3,(H,15,16)(H,17,18). The number of carbonyl (C=O) groups is 2. The van der Waals surface area contributed by atoms with Crippen molar-refractivity contribution in [1.82, 2.24) is 5.32 Å². The molecule has 2 N–H and O–H groups in total. The highest BCUT2D eigenvalue weighted by atomic mass is 32.2. The molecule has 0 saturated carbocycles. The van der Waals surface area contributed by atoms with Crippen molar-refractivity contribution >= 4 is 24.1 Å². The molecule has 0 aliphatic carbocycles. The number of amides is 1. The van der Waals surface area contributed by atoms with Gasteiger partial charge in [0.15, 0.2) is 0 Å². The number of thioether (sulfide) groups is 1. The molecule has 20 heavy (non-hydrogen) atoms. The lowest BCUT2D eigenvalue weighted by atomic mass is 10.2. The van der Waals surface area contributed by atoms with Gasteiger partial charge in [-0.1, -0.05) is 6.07 Å². The zero-order valence-corrected chi connectivity index (χ0v) is 11.8. The van der Waals surface area contributed by atoms with Gasteiger partial charge < -0.3 is 15.2 Å². The maximum atomic E-state index is 13.6. The second-order valence-corrected chi connectivity index (χ2v) is 5.08. The average molecular weight is 301 g/mol. The van der Waals surface area contributed by atoms with E-state index in [2.05, 4.69) is 5.32 Å². The number of ether oxygens (including phenoxy) is 1. The molecule has 0 fully saturated rings. The van der Waals surface area contributed by atoms with Gasteiger partial charge in [0, 0.05) is 11.8 Å². The van der Waals surface area contributed by atoms with Crippen LogP contribution in [0.25, 0.3) is 0 Å². The van der Waals surface area contributed by atoms with Crippen molar-refractivity contribution in [3.05, 3.63) is 29.6 Å². The van der Waals surface area contributed by atoms with Crippen LogP contribution in [0.5, 0.6) is 5.75 Å². The first-order valence-corrected chi connectivity index (χ1v) is 7.06. The topological polar surface area (TPSA) is 75.6 Å². The largest absolute Gasteiger partial charge is 0.497 e. The minimum atomic E-state index is -1.08. The molecule has 0 radical (unpaired) electrons. The number of halogens is 1. The van der Waals surface area contributed by atoms with E-state index in [0.717, 1.165) is 0 Å². The summed E-state index contributed by atoms with van der Waals surface area (Å²) in [6.07, 6.45) is 0.656. The van der Waals surface area contributed by atoms with Crippen molar-refractivity contribution in [3.8, 4) is 5.75 Å². The van der Waals surface area contributed by atoms with Crippen molar-refractivity contribution in [2.75, 3.05) is 12.9 Å². The summed E-state index contributed by atoms with van der Waals surface area (Å²) in [6.45, 7) is 0. The molecule has 0 saturated heterocycles. The Morgan fingerprint density at radius 3 is 2.90 bits per heavy atom. The maximum Gasteiger partial charge on any atom is 0.326 e. The Morgan fingerprint density at radius 1 is 1.60 bits per heavy atom. The monoisotopic (exact) mass is 301 g/mol. The third kappa shape index (κ3) is 5.08. The first kappa shape index (κ1) is 16.3. The van der Waals surface area contributed by atoms with Gasteiger partial charge >= 0.3 is 5.97 Å². The molecule has 7 heteroatoms. The quantitative estimate of drug-likeness (QED) is 0.536. The average Bonchev–Trinajstić information content (AvgIpc) is 2.43. The summed E-state index contributed by atoms with van der Waals surface area (Å²) < 4.78 is 18.5. The Labute approximate surface area is 120 Å². The van der Waals surface area contributed by atoms with Crippen LogP contribution in [0.3, 0.4) is 0 Å². The van der Waals surface area contributed by atoms with E-state index in [1.165, 1.54) is 24.9 Å². The van der Waals surface area contributed by atoms with Gasteiger partial charge in [0.05, 0.1) is 7.11 Å². The van der Waals surface area contributed by atoms with Crippen molar-refractivity contribution in [3.63, 3.8) is 0 Å². The van der Waals surface area contributed by atoms with Crippen LogP contribution in [0.15, 0.2) is 18.2 Å². The number of carboxylic acids is 1. The lowest BCUT2D eigenvalue weighted by molar-refractivity contribution is -0.140. The summed E-state index contributed by atoms with van der Waals surface area (Å²) in [5.41, 5.74) is 0.533. The number of hydrogen-bond acceptors (Lipinski definition) is 4. The summed E-state index contributed by atoms with van der Waals surface area (Å²) in [7, 11) is 1.47. The van der Waals surface area contributed by atoms with E-state index in [1.807, 2.05) is 0 Å². The van der Waals surface area contributed by atoms with Gasteiger partial charge in [-0.3, -0.25) is 4.79 Å². The molecule has 5 nitrogen and oxygen atoms in total. The molecule has 1 aromatic rings. The lowest BCUT2D eigenvalue weighted by Gasteiger charge is -2.10. The van der Waals surface area contributed by atoms with Gasteiger partial charge in [-0.05, 0) is 23.8 Å². The van der Waals surface area contributed by atoms with Crippen molar-refractivity contribution < 1.29 is 23.8 Å². The molecule has 0 aromatic heterocycles. The van der Waals surface area contributed by atoms with Gasteiger partial charge in [-0.15, -0.1) is 0 Å². The van der Waals surface area contributed by atoms with Crippen LogP contribution in [0.2, 0.25) is 0 Å². The Balaban J connectivity index is 2.40. The second-order valence-electron chi connectivity index (χ2n) is 3.97. The molecular formula is C13H16FNO4S. The summed E-state index contributed by atoms with van der Waals surface area (Å²) in [5, 5.41) is 11.0. The van der Waals surface area contributed by atoms with Crippen LogP contribution < -0.4 is 10.1 Å². The third-order valence-electron chi connectivity index (χ3n) is 2.64. The van der Waals surface area contributed by atoms with Crippen LogP contribution >= 0.6 is 11.8 Å². The Kier molecular flexibility index (Phi) is 6.86. The van der Waals surface area contributed by atoms with Gasteiger partial charge in [0.25, 0.3) is 0 Å². The predicted molar refractivity (Wildman–Crippen MR) is 74.4 cm³/mol. The van der Waals surface area contributed by atoms with Gasteiger partial charge in [0.1, 0.15) is 17.6 Å². The van der Waals surface area contributed by atoms with Crippen molar-refractivity contribution in [2.45, 2.75) is 18.2 Å². The number of aliphatic carboxylic acids is 1. The van der Waals surface area contributed by atoms with E-state index < -0.39 is 12.0 Å². The van der Waals surface area contributed by atoms with E-state index in [4.69, 9.17) is 9.84 Å². The van der Waals surface area contributed by atoms with Gasteiger partial charge in [-0.2, -0.15) is 11.8 Å². The van der Waals surface area contributed by atoms with Crippen LogP contribution in [0, 0.1) is 5.82 Å². The molecule has 1 amide bonds. The highest BCUT2D eigenvalue weighted by molar-refractivity contribution is 7.98. The molecule has 1 atom stereocenters. The molecular weight excluding hydrogens is 285 g/mol. The lowest BCUT2D eigenvalue weighted by Crippen LogP contribution is -2.36. The zero-order valence-electron chi connectivity index (χ0n) is 11.0. The maximum absolute atomic E-state index is 13.6. The van der Waals surface area contributed by atoms with E-state index in [9.17, 15) is 14.0 Å². The number of methoxy groups -OCH3 is 1. The SMILES string of the molecule is COc1ccc(CSCCC(NC=O)C(=O)O)c(F)c1. The molecule has 0 aliphatic rings. The summed E-state index contributed by atoms with van der Waals surface area (Å²) in [6, 6.07) is 3.72. The fourth-order valence-corrected chi connectivity index (χ4v) is 2.52. The first-order chi connectivity index (χ1) is 9.58. The Morgan fingerprint density at radius 2 is 2.35 bits per heavy atom. The number of benzene rings is 1. The normalized spacial score (nSPS) is 11.7. The second kappa shape index (κ2) is 8.42. The first-order valence-electron chi connectivity index (χ1n) is 5.91. The number of carboxylic acid groups (broad SMARTS) is 1. The number of hydrogen-bond donors (Lipinski definition) is 2. The Hall–Kier alpha value is -1.76. The fourth-order valence-electron chi connectivity index (χ4n) is 1.52. The van der Waals surface area contributed by atoms with Crippen LogP contribution in [-0.4, -0.2) is 36.4 Å². The highest BCUT2D eigenvalue weighted by Crippen LogP contribution is 2.21. The highest BCUT2D eigenvalue weighted by Gasteiger charge is 2.15. The smallest absolute Gasteiger partial charge is 0.326 e. The predicted octanol–water partition coefficient (Wildman–Crippen LogP) is 1.66. The van der Waals surface area contributed by atoms with Gasteiger partial charge in [0.2, 0.25) is 6.41 Å². The fraction of sp³-hybridized carbons (Fsp3) is 0.385. The third-order valence-corrected chi connectivity index (χ3v) is 3.68. The van der Waals surface area contributed by atoms with Crippen LogP contribution in [0.4, 0.5) is 4.39 Å². The minimum absolute atomic E-state index is 0.288. The molecule has 1 aromatic carbocycles. The molecule has 1 rings (SSSR count). The van der Waals surface area contributed by atoms with E-state index >= 15 is 0 Å². The molecule has 0 heterocycles. The molecule has 110 valence electrons.